The fraction of sp³-hybridized carbons (Fsp3) is 0.474. The van der Waals surface area contributed by atoms with E-state index in [0.29, 0.717) is 11.5 Å². The molecule has 5 heteroatoms. The summed E-state index contributed by atoms with van der Waals surface area (Å²) in [6.07, 6.45) is 3.26. The third-order valence-corrected chi connectivity index (χ3v) is 4.57. The molecule has 0 radical (unpaired) electrons. The summed E-state index contributed by atoms with van der Waals surface area (Å²) in [6, 6.07) is 9.81. The predicted octanol–water partition coefficient (Wildman–Crippen LogP) is 2.82. The summed E-state index contributed by atoms with van der Waals surface area (Å²) >= 11 is 0. The molecule has 0 amide bonds. The minimum Gasteiger partial charge on any atom is -0.381 e. The third-order valence-electron chi connectivity index (χ3n) is 4.57. The van der Waals surface area contributed by atoms with Crippen LogP contribution >= 0.6 is 0 Å². The molecule has 0 unspecified atom stereocenters. The number of nitrogens with zero attached hydrogens (tertiary/aromatic N) is 4. The van der Waals surface area contributed by atoms with Crippen molar-refractivity contribution in [1.82, 2.24) is 14.7 Å². The summed E-state index contributed by atoms with van der Waals surface area (Å²) in [5.41, 5.74) is 3.96. The second kappa shape index (κ2) is 7.61. The Bertz CT molecular complexity index is 708. The Labute approximate surface area is 143 Å². The smallest absolute Gasteiger partial charge is 0.0991 e. The SMILES string of the molecule is CCN(Cc1cn(C)nc1-c1ccc(C#N)cc1)C[C@@H]1CCOC1. The number of ether oxygens (including phenoxy) is 1. The van der Waals surface area contributed by atoms with Gasteiger partial charge in [-0.2, -0.15) is 10.4 Å². The van der Waals surface area contributed by atoms with Crippen molar-refractivity contribution in [3.63, 3.8) is 0 Å². The average molecular weight is 324 g/mol. The van der Waals surface area contributed by atoms with Gasteiger partial charge in [-0.25, -0.2) is 0 Å². The molecule has 3 rings (SSSR count). The highest BCUT2D eigenvalue weighted by atomic mass is 16.5. The van der Waals surface area contributed by atoms with Crippen LogP contribution in [0.2, 0.25) is 0 Å². The molecule has 2 aromatic rings. The van der Waals surface area contributed by atoms with Crippen LogP contribution in [0.5, 0.6) is 0 Å². The van der Waals surface area contributed by atoms with Gasteiger partial charge in [0.1, 0.15) is 0 Å². The molecule has 0 aliphatic carbocycles. The zero-order valence-electron chi connectivity index (χ0n) is 14.4. The minimum atomic E-state index is 0.639. The predicted molar refractivity (Wildman–Crippen MR) is 93.2 cm³/mol. The van der Waals surface area contributed by atoms with Gasteiger partial charge in [0, 0.05) is 44.1 Å². The van der Waals surface area contributed by atoms with Crippen molar-refractivity contribution >= 4 is 0 Å². The fourth-order valence-electron chi connectivity index (χ4n) is 3.24. The van der Waals surface area contributed by atoms with Gasteiger partial charge < -0.3 is 4.74 Å². The molecule has 1 saturated heterocycles. The second-order valence-corrected chi connectivity index (χ2v) is 6.42. The molecule has 1 atom stereocenters. The lowest BCUT2D eigenvalue weighted by atomic mass is 10.0. The van der Waals surface area contributed by atoms with Crippen LogP contribution in [0.15, 0.2) is 30.5 Å². The number of benzene rings is 1. The molecule has 24 heavy (non-hydrogen) atoms. The molecule has 126 valence electrons. The normalized spacial score (nSPS) is 17.3. The van der Waals surface area contributed by atoms with Gasteiger partial charge in [0.25, 0.3) is 0 Å². The lowest BCUT2D eigenvalue weighted by Gasteiger charge is -2.23. The molecule has 0 spiro atoms. The molecule has 1 aromatic carbocycles. The fourth-order valence-corrected chi connectivity index (χ4v) is 3.24. The van der Waals surface area contributed by atoms with Crippen molar-refractivity contribution in [3.8, 4) is 17.3 Å². The van der Waals surface area contributed by atoms with Crippen LogP contribution in [0, 0.1) is 17.2 Å². The summed E-state index contributed by atoms with van der Waals surface area (Å²) in [7, 11) is 1.96. The van der Waals surface area contributed by atoms with Crippen LogP contribution in [-0.2, 0) is 18.3 Å². The van der Waals surface area contributed by atoms with Gasteiger partial charge in [0.15, 0.2) is 0 Å². The topological polar surface area (TPSA) is 54.1 Å². The van der Waals surface area contributed by atoms with Gasteiger partial charge in [-0.15, -0.1) is 0 Å². The summed E-state index contributed by atoms with van der Waals surface area (Å²) in [6.45, 7) is 6.94. The van der Waals surface area contributed by atoms with Crippen LogP contribution < -0.4 is 0 Å². The lowest BCUT2D eigenvalue weighted by molar-refractivity contribution is 0.167. The van der Waals surface area contributed by atoms with E-state index in [2.05, 4.69) is 29.2 Å². The largest absolute Gasteiger partial charge is 0.381 e. The highest BCUT2D eigenvalue weighted by Crippen LogP contribution is 2.24. The molecule has 1 aromatic heterocycles. The lowest BCUT2D eigenvalue weighted by Crippen LogP contribution is -2.29. The van der Waals surface area contributed by atoms with Crippen LogP contribution in [0.3, 0.4) is 0 Å². The van der Waals surface area contributed by atoms with E-state index in [4.69, 9.17) is 10.00 Å². The van der Waals surface area contributed by atoms with Crippen LogP contribution in [0.1, 0.15) is 24.5 Å². The Morgan fingerprint density at radius 2 is 2.17 bits per heavy atom. The van der Waals surface area contributed by atoms with E-state index in [0.717, 1.165) is 50.5 Å². The van der Waals surface area contributed by atoms with Crippen molar-refractivity contribution in [2.24, 2.45) is 13.0 Å². The van der Waals surface area contributed by atoms with E-state index >= 15 is 0 Å². The minimum absolute atomic E-state index is 0.639. The van der Waals surface area contributed by atoms with E-state index in [9.17, 15) is 0 Å². The van der Waals surface area contributed by atoms with Crippen molar-refractivity contribution in [2.45, 2.75) is 19.9 Å². The van der Waals surface area contributed by atoms with Gasteiger partial charge in [-0.1, -0.05) is 19.1 Å². The monoisotopic (exact) mass is 324 g/mol. The molecule has 0 saturated carbocycles. The Morgan fingerprint density at radius 1 is 1.38 bits per heavy atom. The third kappa shape index (κ3) is 3.84. The van der Waals surface area contributed by atoms with Gasteiger partial charge in [-0.3, -0.25) is 9.58 Å². The highest BCUT2D eigenvalue weighted by Gasteiger charge is 2.20. The molecule has 5 nitrogen and oxygen atoms in total. The first-order chi connectivity index (χ1) is 11.7. The number of aryl methyl sites for hydroxylation is 1. The van der Waals surface area contributed by atoms with E-state index in [1.54, 1.807) is 0 Å². The maximum atomic E-state index is 8.96. The Morgan fingerprint density at radius 3 is 2.79 bits per heavy atom. The molecule has 0 bridgehead atoms. The first-order valence-corrected chi connectivity index (χ1v) is 8.52. The van der Waals surface area contributed by atoms with E-state index in [1.807, 2.05) is 36.0 Å². The first kappa shape index (κ1) is 16.7. The number of rotatable bonds is 6. The Hall–Kier alpha value is -2.16. The van der Waals surface area contributed by atoms with Crippen LogP contribution in [0.4, 0.5) is 0 Å². The summed E-state index contributed by atoms with van der Waals surface area (Å²) < 4.78 is 7.37. The van der Waals surface area contributed by atoms with Gasteiger partial charge in [-0.05, 0) is 31.0 Å². The van der Waals surface area contributed by atoms with E-state index in [1.165, 1.54) is 5.56 Å². The zero-order chi connectivity index (χ0) is 16.9. The quantitative estimate of drug-likeness (QED) is 0.820. The first-order valence-electron chi connectivity index (χ1n) is 8.52. The molecular formula is C19H24N4O. The van der Waals surface area contributed by atoms with Crippen molar-refractivity contribution in [3.05, 3.63) is 41.6 Å². The molecule has 0 N–H and O–H groups in total. The number of aromatic nitrogens is 2. The van der Waals surface area contributed by atoms with Crippen molar-refractivity contribution in [2.75, 3.05) is 26.3 Å². The van der Waals surface area contributed by atoms with Gasteiger partial charge in [0.05, 0.1) is 23.9 Å². The molecule has 1 aliphatic rings. The zero-order valence-corrected chi connectivity index (χ0v) is 14.4. The van der Waals surface area contributed by atoms with Crippen LogP contribution in [0.25, 0.3) is 11.3 Å². The maximum Gasteiger partial charge on any atom is 0.0991 e. The number of hydrogen-bond acceptors (Lipinski definition) is 4. The Kier molecular flexibility index (Phi) is 5.29. The molecule has 1 aliphatic heterocycles. The number of hydrogen-bond donors (Lipinski definition) is 0. The van der Waals surface area contributed by atoms with Crippen LogP contribution in [-0.4, -0.2) is 41.0 Å². The van der Waals surface area contributed by atoms with Gasteiger partial charge in [0.2, 0.25) is 0 Å². The average Bonchev–Trinajstić information content (AvgIpc) is 3.24. The van der Waals surface area contributed by atoms with Crippen molar-refractivity contribution in [1.29, 1.82) is 5.26 Å². The van der Waals surface area contributed by atoms with Gasteiger partial charge >= 0.3 is 0 Å². The summed E-state index contributed by atoms with van der Waals surface area (Å²) in [4.78, 5) is 2.46. The summed E-state index contributed by atoms with van der Waals surface area (Å²) in [5, 5.41) is 13.6. The second-order valence-electron chi connectivity index (χ2n) is 6.42. The highest BCUT2D eigenvalue weighted by molar-refractivity contribution is 5.63. The van der Waals surface area contributed by atoms with E-state index < -0.39 is 0 Å². The Balaban J connectivity index is 1.78. The number of nitriles is 1. The summed E-state index contributed by atoms with van der Waals surface area (Å²) in [5.74, 6) is 0.639. The van der Waals surface area contributed by atoms with E-state index in [-0.39, 0.29) is 0 Å². The standard InChI is InChI=1S/C19H24N4O/c1-3-23(11-16-8-9-24-14-16)13-18-12-22(2)21-19(18)17-6-4-15(10-20)5-7-17/h4-7,12,16H,3,8-9,11,13-14H2,1-2H3/t16-/m0/s1. The maximum absolute atomic E-state index is 8.96. The molecular weight excluding hydrogens is 300 g/mol. The van der Waals surface area contributed by atoms with Crippen molar-refractivity contribution < 1.29 is 4.74 Å². The molecule has 1 fully saturated rings. The molecule has 2 heterocycles.